The Kier molecular flexibility index (Phi) is 5.30. The highest BCUT2D eigenvalue weighted by atomic mass is 32.2. The SMILES string of the molecule is CCC(CC)(CN)Nc1ccc(S(C)(=O)=O)cc1[N+](=O)[O-]. The van der Waals surface area contributed by atoms with Gasteiger partial charge in [0.05, 0.1) is 9.82 Å². The third kappa shape index (κ3) is 3.92. The van der Waals surface area contributed by atoms with E-state index in [1.54, 1.807) is 0 Å². The second-order valence-electron chi connectivity index (χ2n) is 5.02. The number of sulfone groups is 1. The number of anilines is 1. The van der Waals surface area contributed by atoms with E-state index in [0.29, 0.717) is 19.4 Å². The Morgan fingerprint density at radius 2 is 1.90 bits per heavy atom. The first-order valence-electron chi connectivity index (χ1n) is 6.66. The average molecular weight is 315 g/mol. The lowest BCUT2D eigenvalue weighted by Crippen LogP contribution is -2.44. The molecule has 0 bridgehead atoms. The summed E-state index contributed by atoms with van der Waals surface area (Å²) in [5, 5.41) is 14.3. The fraction of sp³-hybridized carbons (Fsp3) is 0.538. The molecule has 0 saturated heterocycles. The Bertz CT molecular complexity index is 616. The zero-order chi connectivity index (χ0) is 16.3. The van der Waals surface area contributed by atoms with E-state index in [2.05, 4.69) is 5.32 Å². The van der Waals surface area contributed by atoms with E-state index in [0.717, 1.165) is 12.3 Å². The Balaban J connectivity index is 3.34. The molecule has 0 spiro atoms. The molecule has 0 aliphatic heterocycles. The second kappa shape index (κ2) is 6.40. The molecule has 21 heavy (non-hydrogen) atoms. The molecule has 1 rings (SSSR count). The van der Waals surface area contributed by atoms with Crippen LogP contribution in [0.15, 0.2) is 23.1 Å². The quantitative estimate of drug-likeness (QED) is 0.586. The molecule has 118 valence electrons. The van der Waals surface area contributed by atoms with Gasteiger partial charge < -0.3 is 11.1 Å². The third-order valence-electron chi connectivity index (χ3n) is 3.74. The van der Waals surface area contributed by atoms with Crippen LogP contribution >= 0.6 is 0 Å². The lowest BCUT2D eigenvalue weighted by atomic mass is 9.92. The maximum absolute atomic E-state index is 11.5. The lowest BCUT2D eigenvalue weighted by molar-refractivity contribution is -0.384. The van der Waals surface area contributed by atoms with Gasteiger partial charge in [-0.3, -0.25) is 10.1 Å². The topological polar surface area (TPSA) is 115 Å². The molecule has 0 aliphatic rings. The number of nitro groups is 1. The number of nitrogens with one attached hydrogen (secondary N) is 1. The number of hydrogen-bond acceptors (Lipinski definition) is 6. The summed E-state index contributed by atoms with van der Waals surface area (Å²) >= 11 is 0. The van der Waals surface area contributed by atoms with E-state index in [1.807, 2.05) is 13.8 Å². The highest BCUT2D eigenvalue weighted by Crippen LogP contribution is 2.31. The first-order valence-corrected chi connectivity index (χ1v) is 8.55. The van der Waals surface area contributed by atoms with Crippen molar-refractivity contribution in [1.29, 1.82) is 0 Å². The second-order valence-corrected chi connectivity index (χ2v) is 7.04. The average Bonchev–Trinajstić information content (AvgIpc) is 2.43. The number of nitro benzene ring substituents is 1. The summed E-state index contributed by atoms with van der Waals surface area (Å²) in [5.41, 5.74) is 5.34. The van der Waals surface area contributed by atoms with Crippen molar-refractivity contribution in [1.82, 2.24) is 0 Å². The molecule has 0 amide bonds. The summed E-state index contributed by atoms with van der Waals surface area (Å²) in [4.78, 5) is 10.5. The van der Waals surface area contributed by atoms with Gasteiger partial charge in [-0.25, -0.2) is 8.42 Å². The molecule has 0 radical (unpaired) electrons. The molecule has 0 unspecified atom stereocenters. The van der Waals surface area contributed by atoms with E-state index in [-0.39, 0.29) is 16.3 Å². The lowest BCUT2D eigenvalue weighted by Gasteiger charge is -2.32. The van der Waals surface area contributed by atoms with Gasteiger partial charge in [0.25, 0.3) is 5.69 Å². The minimum absolute atomic E-state index is 0.0777. The third-order valence-corrected chi connectivity index (χ3v) is 4.85. The maximum atomic E-state index is 11.5. The molecule has 0 aliphatic carbocycles. The Morgan fingerprint density at radius 1 is 1.33 bits per heavy atom. The van der Waals surface area contributed by atoms with Crippen LogP contribution in [0.25, 0.3) is 0 Å². The molecule has 8 heteroatoms. The number of nitrogens with zero attached hydrogens (tertiary/aromatic N) is 1. The Labute approximate surface area is 124 Å². The molecule has 0 fully saturated rings. The van der Waals surface area contributed by atoms with Gasteiger partial charge in [0.1, 0.15) is 5.69 Å². The van der Waals surface area contributed by atoms with Crippen LogP contribution in [0.3, 0.4) is 0 Å². The molecule has 1 aromatic rings. The molecule has 0 heterocycles. The van der Waals surface area contributed by atoms with Crippen molar-refractivity contribution in [2.75, 3.05) is 18.1 Å². The Hall–Kier alpha value is -1.67. The largest absolute Gasteiger partial charge is 0.373 e. The van der Waals surface area contributed by atoms with E-state index < -0.39 is 20.3 Å². The summed E-state index contributed by atoms with van der Waals surface area (Å²) in [7, 11) is -3.49. The summed E-state index contributed by atoms with van der Waals surface area (Å²) in [6, 6.07) is 3.85. The summed E-state index contributed by atoms with van der Waals surface area (Å²) in [6.45, 7) is 4.21. The van der Waals surface area contributed by atoms with Crippen molar-refractivity contribution in [3.8, 4) is 0 Å². The monoisotopic (exact) mass is 315 g/mol. The van der Waals surface area contributed by atoms with Crippen molar-refractivity contribution >= 4 is 21.2 Å². The molecule has 7 nitrogen and oxygen atoms in total. The predicted octanol–water partition coefficient (Wildman–Crippen LogP) is 1.93. The number of hydrogen-bond donors (Lipinski definition) is 2. The molecule has 0 atom stereocenters. The number of nitrogens with two attached hydrogens (primary N) is 1. The molecule has 3 N–H and O–H groups in total. The first-order chi connectivity index (χ1) is 9.69. The van der Waals surface area contributed by atoms with Crippen molar-refractivity contribution in [3.05, 3.63) is 28.3 Å². The highest BCUT2D eigenvalue weighted by molar-refractivity contribution is 7.90. The minimum atomic E-state index is -3.49. The van der Waals surface area contributed by atoms with Crippen molar-refractivity contribution in [3.63, 3.8) is 0 Å². The van der Waals surface area contributed by atoms with Crippen LogP contribution in [-0.2, 0) is 9.84 Å². The standard InChI is InChI=1S/C13H21N3O4S/c1-4-13(5-2,9-14)15-11-7-6-10(21(3,19)20)8-12(11)16(17)18/h6-8,15H,4-5,9,14H2,1-3H3. The van der Waals surface area contributed by atoms with Crippen LogP contribution < -0.4 is 11.1 Å². The molecule has 0 saturated carbocycles. The fourth-order valence-electron chi connectivity index (χ4n) is 2.05. The van der Waals surface area contributed by atoms with Gasteiger partial charge >= 0.3 is 0 Å². The first kappa shape index (κ1) is 17.4. The minimum Gasteiger partial charge on any atom is -0.373 e. The van der Waals surface area contributed by atoms with Crippen LogP contribution in [0.1, 0.15) is 26.7 Å². The normalized spacial score (nSPS) is 12.2. The van der Waals surface area contributed by atoms with Crippen LogP contribution in [0.5, 0.6) is 0 Å². The van der Waals surface area contributed by atoms with Crippen LogP contribution in [0.4, 0.5) is 11.4 Å². The van der Waals surface area contributed by atoms with Crippen LogP contribution in [0, 0.1) is 10.1 Å². The molecular formula is C13H21N3O4S. The van der Waals surface area contributed by atoms with Crippen molar-refractivity contribution < 1.29 is 13.3 Å². The Morgan fingerprint density at radius 3 is 2.29 bits per heavy atom. The number of benzene rings is 1. The zero-order valence-corrected chi connectivity index (χ0v) is 13.2. The van der Waals surface area contributed by atoms with Gasteiger partial charge in [0.15, 0.2) is 9.84 Å². The van der Waals surface area contributed by atoms with E-state index in [1.165, 1.54) is 12.1 Å². The van der Waals surface area contributed by atoms with E-state index in [9.17, 15) is 18.5 Å². The smallest absolute Gasteiger partial charge is 0.293 e. The fourth-order valence-corrected chi connectivity index (χ4v) is 2.69. The summed E-state index contributed by atoms with van der Waals surface area (Å²) in [5.74, 6) is 0. The van der Waals surface area contributed by atoms with Crippen LogP contribution in [-0.4, -0.2) is 31.7 Å². The van der Waals surface area contributed by atoms with Gasteiger partial charge in [-0.15, -0.1) is 0 Å². The van der Waals surface area contributed by atoms with E-state index in [4.69, 9.17) is 5.73 Å². The van der Waals surface area contributed by atoms with Crippen LogP contribution in [0.2, 0.25) is 0 Å². The molecule has 1 aromatic carbocycles. The van der Waals surface area contributed by atoms with Gasteiger partial charge in [0.2, 0.25) is 0 Å². The van der Waals surface area contributed by atoms with Gasteiger partial charge in [0, 0.05) is 24.4 Å². The van der Waals surface area contributed by atoms with E-state index >= 15 is 0 Å². The number of rotatable bonds is 7. The van der Waals surface area contributed by atoms with Gasteiger partial charge in [-0.2, -0.15) is 0 Å². The predicted molar refractivity (Wildman–Crippen MR) is 82.2 cm³/mol. The van der Waals surface area contributed by atoms with Crippen molar-refractivity contribution in [2.45, 2.75) is 37.1 Å². The maximum Gasteiger partial charge on any atom is 0.293 e. The highest BCUT2D eigenvalue weighted by Gasteiger charge is 2.28. The summed E-state index contributed by atoms with van der Waals surface area (Å²) < 4.78 is 23.0. The van der Waals surface area contributed by atoms with Crippen molar-refractivity contribution in [2.24, 2.45) is 5.73 Å². The zero-order valence-electron chi connectivity index (χ0n) is 12.4. The molecular weight excluding hydrogens is 294 g/mol. The summed E-state index contributed by atoms with van der Waals surface area (Å²) in [6.07, 6.45) is 2.41. The van der Waals surface area contributed by atoms with Gasteiger partial charge in [-0.1, -0.05) is 13.8 Å². The molecule has 0 aromatic heterocycles. The van der Waals surface area contributed by atoms with Gasteiger partial charge in [-0.05, 0) is 25.0 Å².